The molecule has 0 radical (unpaired) electrons. The number of aromatic hydroxyl groups is 1. The van der Waals surface area contributed by atoms with Crippen LogP contribution < -0.4 is 4.74 Å². The molecule has 39 heavy (non-hydrogen) atoms. The quantitative estimate of drug-likeness (QED) is 0.347. The fraction of sp³-hybridized carbons (Fsp3) is 0.438. The lowest BCUT2D eigenvalue weighted by molar-refractivity contribution is -0.143. The number of phenolic OH excluding ortho intramolecular Hbond substituents is 1. The molecule has 2 fully saturated rings. The van der Waals surface area contributed by atoms with Crippen LogP contribution in [-0.4, -0.2) is 39.4 Å². The topological polar surface area (TPSA) is 101 Å². The molecule has 1 aromatic rings. The number of hydrogen-bond donors (Lipinski definition) is 1. The number of phenols is 1. The van der Waals surface area contributed by atoms with Gasteiger partial charge in [0.2, 0.25) is 11.8 Å². The predicted molar refractivity (Wildman–Crippen MR) is 141 cm³/mol. The number of amides is 2. The van der Waals surface area contributed by atoms with Gasteiger partial charge in [-0.25, -0.2) is 0 Å². The number of rotatable bonds is 2. The molecule has 7 heteroatoms. The first-order valence-electron chi connectivity index (χ1n) is 14.1. The lowest BCUT2D eigenvalue weighted by Crippen LogP contribution is -2.43. The molecule has 0 spiro atoms. The summed E-state index contributed by atoms with van der Waals surface area (Å²) in [5, 5.41) is 10.1. The molecule has 0 aromatic heterocycles. The second-order valence-electron chi connectivity index (χ2n) is 11.8. The Balaban J connectivity index is 1.31. The second kappa shape index (κ2) is 8.90. The van der Waals surface area contributed by atoms with Crippen molar-refractivity contribution in [2.24, 2.45) is 23.7 Å². The molecule has 200 valence electrons. The Morgan fingerprint density at radius 3 is 2.59 bits per heavy atom. The van der Waals surface area contributed by atoms with Crippen LogP contribution in [-0.2, 0) is 25.6 Å². The molecule has 1 N–H and O–H groups in total. The number of benzene rings is 1. The van der Waals surface area contributed by atoms with Gasteiger partial charge in [-0.3, -0.25) is 24.1 Å². The van der Waals surface area contributed by atoms with E-state index in [0.29, 0.717) is 35.3 Å². The predicted octanol–water partition coefficient (Wildman–Crippen LogP) is 4.51. The number of nitrogens with zero attached hydrogens (tertiary/aromatic N) is 1. The third kappa shape index (κ3) is 3.62. The summed E-state index contributed by atoms with van der Waals surface area (Å²) in [7, 11) is 0. The van der Waals surface area contributed by atoms with Gasteiger partial charge < -0.3 is 9.84 Å². The molecule has 2 aliphatic heterocycles. The molecular formula is C32H31NO6. The molecule has 2 amide bonds. The SMILES string of the molecule is CC1=CC(=O)C2=C(C[C@@H]3C(=CC[C@@H]4C(=O)N(C5CCCCC5)C(=O)[C@@H]43)[C@@H]2C2=COc3ccc(O)cc3C2)C1=O. The Hall–Kier alpha value is -3.74. The van der Waals surface area contributed by atoms with Crippen molar-refractivity contribution in [3.05, 3.63) is 70.0 Å². The van der Waals surface area contributed by atoms with Gasteiger partial charge in [-0.1, -0.05) is 30.9 Å². The molecule has 4 atom stereocenters. The highest BCUT2D eigenvalue weighted by Crippen LogP contribution is 2.55. The Morgan fingerprint density at radius 1 is 1.00 bits per heavy atom. The summed E-state index contributed by atoms with van der Waals surface area (Å²) in [4.78, 5) is 56.1. The summed E-state index contributed by atoms with van der Waals surface area (Å²) in [6, 6.07) is 4.89. The van der Waals surface area contributed by atoms with Crippen LogP contribution in [0.25, 0.3) is 0 Å². The molecule has 7 rings (SSSR count). The standard InChI is InChI=1S/C32H31NO6/c1-16-11-25(35)29-24(30(16)36)14-23-21(27(29)18-12-17-13-20(34)7-10-26(17)39-15-18)8-9-22-28(23)32(38)33(31(22)37)19-5-3-2-4-6-19/h7-8,10-11,13,15,19,22-23,27-28,34H,2-6,9,12,14H2,1H3/t22-,23+,27-,28-/m0/s1. The van der Waals surface area contributed by atoms with Crippen molar-refractivity contribution in [2.45, 2.75) is 64.3 Å². The van der Waals surface area contributed by atoms with Crippen molar-refractivity contribution in [2.75, 3.05) is 0 Å². The molecule has 0 unspecified atom stereocenters. The van der Waals surface area contributed by atoms with E-state index in [1.165, 1.54) is 6.08 Å². The van der Waals surface area contributed by atoms with Crippen molar-refractivity contribution in [1.82, 2.24) is 4.90 Å². The van der Waals surface area contributed by atoms with Gasteiger partial charge in [0.1, 0.15) is 11.5 Å². The fourth-order valence-electron chi connectivity index (χ4n) is 7.92. The van der Waals surface area contributed by atoms with E-state index in [9.17, 15) is 24.3 Å². The summed E-state index contributed by atoms with van der Waals surface area (Å²) < 4.78 is 5.94. The molecule has 0 bridgehead atoms. The van der Waals surface area contributed by atoms with Gasteiger partial charge in [0.25, 0.3) is 0 Å². The maximum atomic E-state index is 14.0. The van der Waals surface area contributed by atoms with Gasteiger partial charge >= 0.3 is 0 Å². The summed E-state index contributed by atoms with van der Waals surface area (Å²) in [6.45, 7) is 1.66. The van der Waals surface area contributed by atoms with Gasteiger partial charge in [0, 0.05) is 40.7 Å². The van der Waals surface area contributed by atoms with E-state index in [1.54, 1.807) is 36.3 Å². The Morgan fingerprint density at radius 2 is 1.79 bits per heavy atom. The van der Waals surface area contributed by atoms with Crippen LogP contribution in [0.4, 0.5) is 0 Å². The van der Waals surface area contributed by atoms with Gasteiger partial charge in [-0.2, -0.15) is 0 Å². The first kappa shape index (κ1) is 24.3. The number of carbonyl (C=O) groups is 4. The van der Waals surface area contributed by atoms with Gasteiger partial charge in [0.15, 0.2) is 11.6 Å². The average Bonchev–Trinajstić information content (AvgIpc) is 3.20. The lowest BCUT2D eigenvalue weighted by atomic mass is 9.58. The largest absolute Gasteiger partial charge is 0.508 e. The average molecular weight is 526 g/mol. The number of likely N-dealkylation sites (tertiary alicyclic amines) is 1. The monoisotopic (exact) mass is 525 g/mol. The molecule has 1 saturated heterocycles. The Labute approximate surface area is 226 Å². The first-order valence-corrected chi connectivity index (χ1v) is 14.1. The number of fused-ring (bicyclic) bond motifs is 4. The molecule has 1 aromatic carbocycles. The van der Waals surface area contributed by atoms with Crippen molar-refractivity contribution in [1.29, 1.82) is 0 Å². The number of allylic oxidation sites excluding steroid dienone is 7. The number of Topliss-reactive ketones (excluding diaryl/α,β-unsaturated/α-hetero) is 1. The molecule has 7 nitrogen and oxygen atoms in total. The van der Waals surface area contributed by atoms with E-state index in [4.69, 9.17) is 4.74 Å². The van der Waals surface area contributed by atoms with Crippen LogP contribution in [0.5, 0.6) is 11.5 Å². The maximum Gasteiger partial charge on any atom is 0.233 e. The zero-order valence-corrected chi connectivity index (χ0v) is 21.9. The zero-order chi connectivity index (χ0) is 27.0. The molecule has 1 saturated carbocycles. The minimum atomic E-state index is -0.522. The second-order valence-corrected chi connectivity index (χ2v) is 11.8. The summed E-state index contributed by atoms with van der Waals surface area (Å²) in [5.74, 6) is -1.55. The fourth-order valence-corrected chi connectivity index (χ4v) is 7.92. The smallest absolute Gasteiger partial charge is 0.233 e. The van der Waals surface area contributed by atoms with E-state index in [-0.39, 0.29) is 47.5 Å². The normalized spacial score (nSPS) is 30.6. The maximum absolute atomic E-state index is 14.0. The zero-order valence-electron chi connectivity index (χ0n) is 21.9. The van der Waals surface area contributed by atoms with Crippen LogP contribution in [0, 0.1) is 23.7 Å². The minimum absolute atomic E-state index is 0.0383. The minimum Gasteiger partial charge on any atom is -0.508 e. The number of imide groups is 1. The molecule has 6 aliphatic rings. The third-order valence-electron chi connectivity index (χ3n) is 9.68. The van der Waals surface area contributed by atoms with Crippen molar-refractivity contribution in [3.8, 4) is 11.5 Å². The number of ether oxygens (including phenoxy) is 1. The van der Waals surface area contributed by atoms with Gasteiger partial charge in [0.05, 0.1) is 18.1 Å². The summed E-state index contributed by atoms with van der Waals surface area (Å²) in [5.41, 5.74) is 3.87. The van der Waals surface area contributed by atoms with Crippen molar-refractivity contribution in [3.63, 3.8) is 0 Å². The van der Waals surface area contributed by atoms with Crippen LogP contribution in [0.2, 0.25) is 0 Å². The van der Waals surface area contributed by atoms with Crippen molar-refractivity contribution >= 4 is 23.4 Å². The van der Waals surface area contributed by atoms with E-state index in [0.717, 1.165) is 48.8 Å². The number of carbonyl (C=O) groups excluding carboxylic acids is 4. The Kier molecular flexibility index (Phi) is 5.55. The van der Waals surface area contributed by atoms with Crippen LogP contribution in [0.1, 0.15) is 57.4 Å². The molecule has 4 aliphatic carbocycles. The summed E-state index contributed by atoms with van der Waals surface area (Å²) in [6.07, 6.45) is 11.2. The third-order valence-corrected chi connectivity index (χ3v) is 9.68. The van der Waals surface area contributed by atoms with Crippen LogP contribution in [0.15, 0.2) is 64.5 Å². The number of ketones is 2. The highest BCUT2D eigenvalue weighted by Gasteiger charge is 2.57. The highest BCUT2D eigenvalue weighted by molar-refractivity contribution is 6.23. The Bertz CT molecular complexity index is 1470. The van der Waals surface area contributed by atoms with E-state index in [1.807, 2.05) is 0 Å². The van der Waals surface area contributed by atoms with Gasteiger partial charge in [-0.05, 0) is 68.4 Å². The van der Waals surface area contributed by atoms with E-state index in [2.05, 4.69) is 6.08 Å². The first-order chi connectivity index (χ1) is 18.8. The molecule has 2 heterocycles. The van der Waals surface area contributed by atoms with Gasteiger partial charge in [-0.15, -0.1) is 0 Å². The summed E-state index contributed by atoms with van der Waals surface area (Å²) >= 11 is 0. The van der Waals surface area contributed by atoms with Crippen molar-refractivity contribution < 1.29 is 29.0 Å². The molecular weight excluding hydrogens is 494 g/mol. The highest BCUT2D eigenvalue weighted by atomic mass is 16.5. The van der Waals surface area contributed by atoms with Crippen LogP contribution >= 0.6 is 0 Å². The van der Waals surface area contributed by atoms with E-state index < -0.39 is 17.8 Å². The lowest BCUT2D eigenvalue weighted by Gasteiger charge is -2.43. The number of hydrogen-bond acceptors (Lipinski definition) is 6. The van der Waals surface area contributed by atoms with Crippen LogP contribution in [0.3, 0.4) is 0 Å². The van der Waals surface area contributed by atoms with E-state index >= 15 is 0 Å².